The Balaban J connectivity index is 1.87. The molecule has 1 N–H and O–H groups in total. The van der Waals surface area contributed by atoms with Gasteiger partial charge in [0.15, 0.2) is 5.78 Å². The third kappa shape index (κ3) is 4.66. The van der Waals surface area contributed by atoms with Crippen molar-refractivity contribution >= 4 is 45.8 Å². The number of carboxylic acid groups (broad SMARTS) is 1. The molecule has 4 aromatic rings. The predicted molar refractivity (Wildman–Crippen MR) is 126 cm³/mol. The Morgan fingerprint density at radius 1 is 0.971 bits per heavy atom. The fourth-order valence-corrected chi connectivity index (χ4v) is 4.02. The lowest BCUT2D eigenvalue weighted by Gasteiger charge is -2.13. The van der Waals surface area contributed by atoms with Crippen molar-refractivity contribution in [1.29, 1.82) is 0 Å². The zero-order valence-corrected chi connectivity index (χ0v) is 18.6. The first-order chi connectivity index (χ1) is 16.4. The lowest BCUT2D eigenvalue weighted by atomic mass is 9.89. The molecule has 0 amide bonds. The van der Waals surface area contributed by atoms with Gasteiger partial charge in [0.25, 0.3) is 5.69 Å². The number of fused-ring (bicyclic) bond motifs is 1. The quantitative estimate of drug-likeness (QED) is 0.170. The highest BCUT2D eigenvalue weighted by Crippen LogP contribution is 2.28. The summed E-state index contributed by atoms with van der Waals surface area (Å²) in [6, 6.07) is 16.8. The largest absolute Gasteiger partial charge is 0.497 e. The molecule has 0 bridgehead atoms. The second-order valence-corrected chi connectivity index (χ2v) is 7.81. The third-order valence-electron chi connectivity index (χ3n) is 5.21. The molecule has 34 heavy (non-hydrogen) atoms. The van der Waals surface area contributed by atoms with Crippen molar-refractivity contribution < 1.29 is 24.4 Å². The SMILES string of the molecule is COc1ccc(C(=O)C(Cc2ccc([N+](=O)[O-])cc2)=C(C(=O)O)c2ccc3nsnc3c2)cc1. The fourth-order valence-electron chi connectivity index (χ4n) is 3.50. The highest BCUT2D eigenvalue weighted by atomic mass is 32.1. The highest BCUT2D eigenvalue weighted by Gasteiger charge is 2.24. The van der Waals surface area contributed by atoms with Gasteiger partial charge in [0.2, 0.25) is 0 Å². The summed E-state index contributed by atoms with van der Waals surface area (Å²) in [6.07, 6.45) is -0.0438. The Morgan fingerprint density at radius 3 is 2.24 bits per heavy atom. The van der Waals surface area contributed by atoms with E-state index in [9.17, 15) is 24.8 Å². The number of ether oxygens (including phenoxy) is 1. The minimum atomic E-state index is -1.28. The molecule has 3 aromatic carbocycles. The monoisotopic (exact) mass is 475 g/mol. The number of ketones is 1. The number of carbonyl (C=O) groups is 2. The molecule has 0 unspecified atom stereocenters. The number of rotatable bonds is 8. The summed E-state index contributed by atoms with van der Waals surface area (Å²) >= 11 is 1.01. The molecular weight excluding hydrogens is 458 g/mol. The second kappa shape index (κ2) is 9.59. The van der Waals surface area contributed by atoms with Crippen molar-refractivity contribution in [3.8, 4) is 5.75 Å². The van der Waals surface area contributed by atoms with Crippen molar-refractivity contribution in [3.63, 3.8) is 0 Å². The second-order valence-electron chi connectivity index (χ2n) is 7.28. The van der Waals surface area contributed by atoms with Gasteiger partial charge in [-0.1, -0.05) is 18.2 Å². The van der Waals surface area contributed by atoms with Gasteiger partial charge in [-0.2, -0.15) is 8.75 Å². The van der Waals surface area contributed by atoms with Gasteiger partial charge in [-0.3, -0.25) is 14.9 Å². The molecule has 1 aromatic heterocycles. The van der Waals surface area contributed by atoms with Crippen LogP contribution in [0, 0.1) is 10.1 Å². The van der Waals surface area contributed by atoms with Gasteiger partial charge >= 0.3 is 5.97 Å². The van der Waals surface area contributed by atoms with E-state index in [1.807, 2.05) is 0 Å². The van der Waals surface area contributed by atoms with E-state index >= 15 is 0 Å². The number of carbonyl (C=O) groups excluding carboxylic acids is 1. The third-order valence-corrected chi connectivity index (χ3v) is 5.77. The van der Waals surface area contributed by atoms with Crippen molar-refractivity contribution in [2.24, 2.45) is 0 Å². The summed E-state index contributed by atoms with van der Waals surface area (Å²) in [5, 5.41) is 21.1. The number of nitrogens with zero attached hydrogens (tertiary/aromatic N) is 3. The Hall–Kier alpha value is -4.44. The van der Waals surface area contributed by atoms with Crippen molar-refractivity contribution in [1.82, 2.24) is 8.75 Å². The minimum absolute atomic E-state index is 0.0362. The first-order valence-electron chi connectivity index (χ1n) is 9.98. The number of hydrogen-bond acceptors (Lipinski definition) is 8. The topological polar surface area (TPSA) is 133 Å². The first-order valence-corrected chi connectivity index (χ1v) is 10.7. The van der Waals surface area contributed by atoms with Gasteiger partial charge < -0.3 is 9.84 Å². The first kappa shape index (κ1) is 22.7. The van der Waals surface area contributed by atoms with Gasteiger partial charge in [0.05, 0.1) is 29.3 Å². The number of non-ortho nitro benzene ring substituents is 1. The Labute approximate surface area is 197 Å². The molecule has 0 aliphatic rings. The maximum atomic E-state index is 13.6. The van der Waals surface area contributed by atoms with E-state index in [0.29, 0.717) is 27.9 Å². The standard InChI is InChI=1S/C24H17N3O6S/c1-33-18-9-4-15(5-10-18)23(28)19(12-14-2-7-17(8-3-14)27(31)32)22(24(29)30)16-6-11-20-21(13-16)26-34-25-20/h2-11,13H,12H2,1H3,(H,29,30). The Morgan fingerprint density at radius 2 is 1.62 bits per heavy atom. The van der Waals surface area contributed by atoms with E-state index in [0.717, 1.165) is 11.7 Å². The number of nitro benzene ring substituents is 1. The molecule has 0 aliphatic heterocycles. The lowest BCUT2D eigenvalue weighted by Crippen LogP contribution is -2.14. The molecule has 0 aliphatic carbocycles. The molecule has 4 rings (SSSR count). The maximum Gasteiger partial charge on any atom is 0.336 e. The summed E-state index contributed by atoms with van der Waals surface area (Å²) in [7, 11) is 1.50. The smallest absolute Gasteiger partial charge is 0.336 e. The molecule has 170 valence electrons. The average molecular weight is 475 g/mol. The fraction of sp³-hybridized carbons (Fsp3) is 0.0833. The van der Waals surface area contributed by atoms with Crippen LogP contribution in [0.1, 0.15) is 21.5 Å². The number of benzene rings is 3. The average Bonchev–Trinajstić information content (AvgIpc) is 3.31. The van der Waals surface area contributed by atoms with Crippen LogP contribution in [0.15, 0.2) is 72.3 Å². The Kier molecular flexibility index (Phi) is 6.42. The number of methoxy groups -OCH3 is 1. The molecule has 9 nitrogen and oxygen atoms in total. The van der Waals surface area contributed by atoms with E-state index in [1.54, 1.807) is 42.5 Å². The molecule has 1 heterocycles. The number of hydrogen-bond donors (Lipinski definition) is 1. The number of aromatic nitrogens is 2. The van der Waals surface area contributed by atoms with E-state index in [-0.39, 0.29) is 28.8 Å². The minimum Gasteiger partial charge on any atom is -0.497 e. The van der Waals surface area contributed by atoms with Crippen LogP contribution >= 0.6 is 11.7 Å². The molecular formula is C24H17N3O6S. The molecule has 0 fully saturated rings. The van der Waals surface area contributed by atoms with Crippen LogP contribution in [-0.2, 0) is 11.2 Å². The van der Waals surface area contributed by atoms with Gasteiger partial charge in [-0.05, 0) is 47.5 Å². The summed E-state index contributed by atoms with van der Waals surface area (Å²) in [6.45, 7) is 0. The van der Waals surface area contributed by atoms with E-state index in [2.05, 4.69) is 8.75 Å². The van der Waals surface area contributed by atoms with Crippen molar-refractivity contribution in [3.05, 3.63) is 99.1 Å². The molecule has 0 radical (unpaired) electrons. The maximum absolute atomic E-state index is 13.6. The van der Waals surface area contributed by atoms with E-state index < -0.39 is 16.7 Å². The number of allylic oxidation sites excluding steroid dienone is 1. The normalized spacial score (nSPS) is 11.7. The Bertz CT molecular complexity index is 1430. The van der Waals surface area contributed by atoms with Crippen LogP contribution in [0.5, 0.6) is 5.75 Å². The van der Waals surface area contributed by atoms with Crippen LogP contribution < -0.4 is 4.74 Å². The van der Waals surface area contributed by atoms with Crippen molar-refractivity contribution in [2.75, 3.05) is 7.11 Å². The summed E-state index contributed by atoms with van der Waals surface area (Å²) in [5.74, 6) is -1.20. The van der Waals surface area contributed by atoms with Crippen LogP contribution in [-0.4, -0.2) is 37.6 Å². The number of Topliss-reactive ketones (excluding diaryl/α,β-unsaturated/α-hetero) is 1. The van der Waals surface area contributed by atoms with Gasteiger partial charge in [-0.15, -0.1) is 0 Å². The zero-order valence-electron chi connectivity index (χ0n) is 17.8. The molecule has 0 saturated heterocycles. The van der Waals surface area contributed by atoms with Gasteiger partial charge in [0.1, 0.15) is 16.8 Å². The number of nitro groups is 1. The summed E-state index contributed by atoms with van der Waals surface area (Å²) < 4.78 is 13.4. The number of aliphatic carboxylic acids is 1. The molecule has 10 heteroatoms. The van der Waals surface area contributed by atoms with E-state index in [4.69, 9.17) is 4.74 Å². The highest BCUT2D eigenvalue weighted by molar-refractivity contribution is 7.00. The van der Waals surface area contributed by atoms with Gasteiger partial charge in [0, 0.05) is 29.7 Å². The zero-order chi connectivity index (χ0) is 24.2. The van der Waals surface area contributed by atoms with Crippen LogP contribution in [0.25, 0.3) is 16.6 Å². The lowest BCUT2D eigenvalue weighted by molar-refractivity contribution is -0.384. The molecule has 0 atom stereocenters. The summed E-state index contributed by atoms with van der Waals surface area (Å²) in [5.41, 5.74) is 2.06. The molecule has 0 saturated carbocycles. The van der Waals surface area contributed by atoms with Crippen LogP contribution in [0.4, 0.5) is 5.69 Å². The van der Waals surface area contributed by atoms with Gasteiger partial charge in [-0.25, -0.2) is 4.79 Å². The van der Waals surface area contributed by atoms with Crippen LogP contribution in [0.3, 0.4) is 0 Å². The molecule has 0 spiro atoms. The van der Waals surface area contributed by atoms with E-state index in [1.165, 1.54) is 31.4 Å². The number of carboxylic acids is 1. The van der Waals surface area contributed by atoms with Crippen molar-refractivity contribution in [2.45, 2.75) is 6.42 Å². The van der Waals surface area contributed by atoms with Crippen LogP contribution in [0.2, 0.25) is 0 Å². The predicted octanol–water partition coefficient (Wildman–Crippen LogP) is 4.57. The summed E-state index contributed by atoms with van der Waals surface area (Å²) in [4.78, 5) is 36.5.